The zero-order valence-electron chi connectivity index (χ0n) is 11.3. The molecule has 3 heteroatoms. The number of benzene rings is 2. The van der Waals surface area contributed by atoms with Crippen LogP contribution in [0.15, 0.2) is 67.0 Å². The third-order valence-corrected chi connectivity index (χ3v) is 4.06. The van der Waals surface area contributed by atoms with Gasteiger partial charge in [-0.3, -0.25) is 4.98 Å². The zero-order chi connectivity index (χ0) is 14.2. The highest BCUT2D eigenvalue weighted by Gasteiger charge is 2.06. The molecule has 0 amide bonds. The van der Waals surface area contributed by atoms with Crippen molar-refractivity contribution in [2.75, 3.05) is 0 Å². The molecular weight excluding hydrogens is 280 g/mol. The first-order chi connectivity index (χ1) is 10.3. The number of para-hydroxylation sites is 1. The van der Waals surface area contributed by atoms with Gasteiger partial charge < -0.3 is 4.57 Å². The van der Waals surface area contributed by atoms with Gasteiger partial charge in [0.15, 0.2) is 0 Å². The van der Waals surface area contributed by atoms with E-state index >= 15 is 0 Å². The lowest BCUT2D eigenvalue weighted by atomic mass is 10.1. The minimum Gasteiger partial charge on any atom is -0.342 e. The molecule has 0 N–H and O–H groups in total. The highest BCUT2D eigenvalue weighted by atomic mass is 35.5. The van der Waals surface area contributed by atoms with Crippen molar-refractivity contribution in [3.63, 3.8) is 0 Å². The summed E-state index contributed by atoms with van der Waals surface area (Å²) < 4.78 is 2.19. The molecule has 2 nitrogen and oxygen atoms in total. The van der Waals surface area contributed by atoms with E-state index in [1.165, 1.54) is 10.9 Å². The van der Waals surface area contributed by atoms with Gasteiger partial charge in [-0.25, -0.2) is 0 Å². The molecule has 102 valence electrons. The van der Waals surface area contributed by atoms with Gasteiger partial charge in [-0.1, -0.05) is 35.9 Å². The van der Waals surface area contributed by atoms with E-state index in [-0.39, 0.29) is 0 Å². The number of hydrogen-bond donors (Lipinski definition) is 0. The first-order valence-corrected chi connectivity index (χ1v) is 7.26. The van der Waals surface area contributed by atoms with Crippen LogP contribution in [0.25, 0.3) is 21.8 Å². The van der Waals surface area contributed by atoms with Gasteiger partial charge in [0.25, 0.3) is 0 Å². The number of nitrogens with zero attached hydrogens (tertiary/aromatic N) is 2. The number of rotatable bonds is 2. The molecule has 0 aliphatic heterocycles. The van der Waals surface area contributed by atoms with Crippen molar-refractivity contribution in [2.24, 2.45) is 0 Å². The SMILES string of the molecule is Clc1cccc2ccn(Cc3ccc4ncccc4c3)c12. The van der Waals surface area contributed by atoms with Crippen LogP contribution >= 0.6 is 11.6 Å². The van der Waals surface area contributed by atoms with Gasteiger partial charge in [0.1, 0.15) is 0 Å². The lowest BCUT2D eigenvalue weighted by molar-refractivity contribution is 0.838. The van der Waals surface area contributed by atoms with Crippen molar-refractivity contribution in [1.82, 2.24) is 9.55 Å². The topological polar surface area (TPSA) is 17.8 Å². The predicted molar refractivity (Wildman–Crippen MR) is 87.8 cm³/mol. The molecule has 2 aromatic heterocycles. The Morgan fingerprint density at radius 1 is 0.952 bits per heavy atom. The number of fused-ring (bicyclic) bond motifs is 2. The van der Waals surface area contributed by atoms with Crippen LogP contribution in [0.4, 0.5) is 0 Å². The van der Waals surface area contributed by atoms with Gasteiger partial charge in [-0.05, 0) is 35.9 Å². The van der Waals surface area contributed by atoms with Crippen molar-refractivity contribution in [1.29, 1.82) is 0 Å². The summed E-state index contributed by atoms with van der Waals surface area (Å²) in [6.07, 6.45) is 3.91. The van der Waals surface area contributed by atoms with Gasteiger partial charge >= 0.3 is 0 Å². The Labute approximate surface area is 127 Å². The lowest BCUT2D eigenvalue weighted by Gasteiger charge is -2.08. The number of hydrogen-bond acceptors (Lipinski definition) is 1. The maximum absolute atomic E-state index is 6.33. The summed E-state index contributed by atoms with van der Waals surface area (Å²) in [5.74, 6) is 0. The Bertz CT molecular complexity index is 940. The van der Waals surface area contributed by atoms with E-state index in [1.54, 1.807) is 0 Å². The molecule has 0 fully saturated rings. The standard InChI is InChI=1S/C18H13ClN2/c19-16-5-1-3-14-8-10-21(18(14)16)12-13-6-7-17-15(11-13)4-2-9-20-17/h1-11H,12H2. The van der Waals surface area contributed by atoms with Gasteiger partial charge in [0, 0.05) is 29.7 Å². The second-order valence-corrected chi connectivity index (χ2v) is 5.56. The predicted octanol–water partition coefficient (Wildman–Crippen LogP) is 4.89. The second-order valence-electron chi connectivity index (χ2n) is 5.15. The summed E-state index contributed by atoms with van der Waals surface area (Å²) in [4.78, 5) is 4.36. The Morgan fingerprint density at radius 3 is 2.81 bits per heavy atom. The first-order valence-electron chi connectivity index (χ1n) is 6.88. The molecule has 4 aromatic rings. The van der Waals surface area contributed by atoms with Crippen LogP contribution < -0.4 is 0 Å². The summed E-state index contributed by atoms with van der Waals surface area (Å²) >= 11 is 6.33. The van der Waals surface area contributed by atoms with E-state index in [1.807, 2.05) is 24.4 Å². The van der Waals surface area contributed by atoms with Crippen molar-refractivity contribution < 1.29 is 0 Å². The van der Waals surface area contributed by atoms with Crippen LogP contribution in [0.5, 0.6) is 0 Å². The van der Waals surface area contributed by atoms with Crippen molar-refractivity contribution >= 4 is 33.4 Å². The molecule has 2 aromatic carbocycles. The molecule has 0 aliphatic carbocycles. The van der Waals surface area contributed by atoms with E-state index in [9.17, 15) is 0 Å². The molecule has 4 rings (SSSR count). The molecule has 0 spiro atoms. The van der Waals surface area contributed by atoms with Crippen LogP contribution in [0, 0.1) is 0 Å². The molecule has 0 atom stereocenters. The fourth-order valence-corrected chi connectivity index (χ4v) is 3.06. The van der Waals surface area contributed by atoms with Crippen LogP contribution in [0.2, 0.25) is 5.02 Å². The van der Waals surface area contributed by atoms with E-state index in [0.29, 0.717) is 0 Å². The summed E-state index contributed by atoms with van der Waals surface area (Å²) in [6, 6.07) is 18.5. The normalized spacial score (nSPS) is 11.3. The average molecular weight is 293 g/mol. The molecule has 0 radical (unpaired) electrons. The van der Waals surface area contributed by atoms with E-state index in [2.05, 4.69) is 52.1 Å². The first kappa shape index (κ1) is 12.4. The lowest BCUT2D eigenvalue weighted by Crippen LogP contribution is -1.98. The number of halogens is 1. The molecule has 0 saturated heterocycles. The number of aromatic nitrogens is 2. The fraction of sp³-hybridized carbons (Fsp3) is 0.0556. The highest BCUT2D eigenvalue weighted by Crippen LogP contribution is 2.25. The van der Waals surface area contributed by atoms with Crippen LogP contribution in [-0.2, 0) is 6.54 Å². The molecule has 0 saturated carbocycles. The number of pyridine rings is 1. The minimum absolute atomic E-state index is 0.792. The van der Waals surface area contributed by atoms with E-state index < -0.39 is 0 Å². The molecule has 0 unspecified atom stereocenters. The Morgan fingerprint density at radius 2 is 1.86 bits per heavy atom. The maximum Gasteiger partial charge on any atom is 0.0702 e. The molecule has 21 heavy (non-hydrogen) atoms. The third kappa shape index (κ3) is 2.18. The van der Waals surface area contributed by atoms with Gasteiger partial charge in [0.05, 0.1) is 16.1 Å². The molecule has 0 bridgehead atoms. The largest absolute Gasteiger partial charge is 0.342 e. The van der Waals surface area contributed by atoms with Crippen LogP contribution in [-0.4, -0.2) is 9.55 Å². The van der Waals surface area contributed by atoms with Gasteiger partial charge in [-0.15, -0.1) is 0 Å². The average Bonchev–Trinajstić information content (AvgIpc) is 2.92. The third-order valence-electron chi connectivity index (χ3n) is 3.76. The van der Waals surface area contributed by atoms with Crippen LogP contribution in [0.1, 0.15) is 5.56 Å². The fourth-order valence-electron chi connectivity index (χ4n) is 2.77. The van der Waals surface area contributed by atoms with E-state index in [0.717, 1.165) is 28.0 Å². The molecule has 0 aliphatic rings. The van der Waals surface area contributed by atoms with E-state index in [4.69, 9.17) is 11.6 Å². The monoisotopic (exact) mass is 292 g/mol. The Kier molecular flexibility index (Phi) is 2.90. The minimum atomic E-state index is 0.792. The zero-order valence-corrected chi connectivity index (χ0v) is 12.1. The quantitative estimate of drug-likeness (QED) is 0.514. The maximum atomic E-state index is 6.33. The van der Waals surface area contributed by atoms with Gasteiger partial charge in [0.2, 0.25) is 0 Å². The summed E-state index contributed by atoms with van der Waals surface area (Å²) in [5, 5.41) is 3.13. The molecule has 2 heterocycles. The second kappa shape index (κ2) is 4.90. The van der Waals surface area contributed by atoms with Crippen molar-refractivity contribution in [3.8, 4) is 0 Å². The summed E-state index contributed by atoms with van der Waals surface area (Å²) in [6.45, 7) is 0.804. The Hall–Kier alpha value is -2.32. The Balaban J connectivity index is 1.79. The van der Waals surface area contributed by atoms with Crippen molar-refractivity contribution in [2.45, 2.75) is 6.54 Å². The van der Waals surface area contributed by atoms with Gasteiger partial charge in [-0.2, -0.15) is 0 Å². The summed E-state index contributed by atoms with van der Waals surface area (Å²) in [7, 11) is 0. The van der Waals surface area contributed by atoms with Crippen LogP contribution in [0.3, 0.4) is 0 Å². The summed E-state index contributed by atoms with van der Waals surface area (Å²) in [5.41, 5.74) is 3.36. The smallest absolute Gasteiger partial charge is 0.0702 e. The highest BCUT2D eigenvalue weighted by molar-refractivity contribution is 6.35. The van der Waals surface area contributed by atoms with Crippen molar-refractivity contribution in [3.05, 3.63) is 77.6 Å². The molecular formula is C18H13ClN2.